The first-order chi connectivity index (χ1) is 18.8. The number of aromatic nitrogens is 5. The van der Waals surface area contributed by atoms with Gasteiger partial charge in [-0.05, 0) is 54.4 Å². The Kier molecular flexibility index (Phi) is 6.59. The summed E-state index contributed by atoms with van der Waals surface area (Å²) >= 11 is 0. The second-order valence-corrected chi connectivity index (χ2v) is 9.99. The van der Waals surface area contributed by atoms with Crippen molar-refractivity contribution in [3.05, 3.63) is 89.8 Å². The first-order valence-electron chi connectivity index (χ1n) is 12.9. The molecule has 2 aromatic carbocycles. The summed E-state index contributed by atoms with van der Waals surface area (Å²) in [5.41, 5.74) is 3.38. The largest absolute Gasteiger partial charge is 0.337 e. The number of likely N-dealkylation sites (tertiary alicyclic amines) is 1. The van der Waals surface area contributed by atoms with E-state index in [1.165, 1.54) is 17.0 Å². The standard InChI is InChI=1S/C28H26F3N7O/c29-20-5-1-18(2-6-20)23-16-24(23)32-17-21-15-25(27(39)37-12-9-28(30,31)10-13-37)35-26(34-21)19-3-7-22(8-4-19)38-14-11-33-36-38/h1-8,11,14-15,23-24,32H,9-10,12-13,16-17H2/t23-,24+/m0/s1. The van der Waals surface area contributed by atoms with Gasteiger partial charge in [0.2, 0.25) is 0 Å². The van der Waals surface area contributed by atoms with E-state index in [4.69, 9.17) is 4.98 Å². The molecule has 1 saturated carbocycles. The number of carbonyl (C=O) groups excluding carboxylic acids is 1. The Balaban J connectivity index is 1.23. The average molecular weight is 534 g/mol. The van der Waals surface area contributed by atoms with Crippen molar-refractivity contribution < 1.29 is 18.0 Å². The first kappa shape index (κ1) is 25.2. The van der Waals surface area contributed by atoms with E-state index >= 15 is 0 Å². The van der Waals surface area contributed by atoms with E-state index in [9.17, 15) is 18.0 Å². The minimum atomic E-state index is -2.75. The Morgan fingerprint density at radius 1 is 1.03 bits per heavy atom. The molecule has 2 aliphatic rings. The van der Waals surface area contributed by atoms with Crippen molar-refractivity contribution in [2.75, 3.05) is 13.1 Å². The van der Waals surface area contributed by atoms with Crippen LogP contribution >= 0.6 is 0 Å². The van der Waals surface area contributed by atoms with Crippen LogP contribution in [0.4, 0.5) is 13.2 Å². The number of nitrogens with one attached hydrogen (secondary N) is 1. The Labute approximate surface area is 222 Å². The van der Waals surface area contributed by atoms with Crippen LogP contribution in [0.1, 0.15) is 46.9 Å². The molecule has 3 heterocycles. The van der Waals surface area contributed by atoms with E-state index in [-0.39, 0.29) is 55.3 Å². The predicted molar refractivity (Wildman–Crippen MR) is 137 cm³/mol. The number of amides is 1. The minimum Gasteiger partial charge on any atom is -0.337 e. The lowest BCUT2D eigenvalue weighted by molar-refractivity contribution is -0.0495. The van der Waals surface area contributed by atoms with Gasteiger partial charge in [-0.1, -0.05) is 17.3 Å². The van der Waals surface area contributed by atoms with Crippen LogP contribution < -0.4 is 5.32 Å². The van der Waals surface area contributed by atoms with Gasteiger partial charge in [-0.2, -0.15) is 0 Å². The molecule has 1 saturated heterocycles. The fourth-order valence-corrected chi connectivity index (χ4v) is 4.87. The Hall–Kier alpha value is -4.12. The number of hydrogen-bond donors (Lipinski definition) is 1. The topological polar surface area (TPSA) is 88.8 Å². The van der Waals surface area contributed by atoms with Gasteiger partial charge >= 0.3 is 0 Å². The molecule has 1 N–H and O–H groups in total. The lowest BCUT2D eigenvalue weighted by atomic mass is 10.1. The van der Waals surface area contributed by atoms with Gasteiger partial charge in [-0.3, -0.25) is 4.79 Å². The van der Waals surface area contributed by atoms with E-state index in [2.05, 4.69) is 20.6 Å². The van der Waals surface area contributed by atoms with Crippen LogP contribution in [0.3, 0.4) is 0 Å². The van der Waals surface area contributed by atoms with Crippen LogP contribution in [0.2, 0.25) is 0 Å². The smallest absolute Gasteiger partial charge is 0.272 e. The lowest BCUT2D eigenvalue weighted by Gasteiger charge is -2.31. The zero-order valence-corrected chi connectivity index (χ0v) is 21.0. The van der Waals surface area contributed by atoms with Crippen LogP contribution in [0, 0.1) is 5.82 Å². The second-order valence-electron chi connectivity index (χ2n) is 9.99. The summed E-state index contributed by atoms with van der Waals surface area (Å²) in [7, 11) is 0. The molecule has 4 aromatic rings. The van der Waals surface area contributed by atoms with Gasteiger partial charge in [-0.15, -0.1) is 5.10 Å². The normalized spacial score (nSPS) is 20.1. The predicted octanol–water partition coefficient (Wildman–Crippen LogP) is 4.38. The molecule has 1 amide bonds. The van der Waals surface area contributed by atoms with Crippen molar-refractivity contribution in [1.82, 2.24) is 35.2 Å². The summed E-state index contributed by atoms with van der Waals surface area (Å²) in [5.74, 6) is -2.74. The van der Waals surface area contributed by atoms with Gasteiger partial charge < -0.3 is 10.2 Å². The summed E-state index contributed by atoms with van der Waals surface area (Å²) in [6, 6.07) is 15.7. The molecule has 0 unspecified atom stereocenters. The maximum atomic E-state index is 13.7. The van der Waals surface area contributed by atoms with Crippen molar-refractivity contribution in [1.29, 1.82) is 0 Å². The number of rotatable bonds is 7. The van der Waals surface area contributed by atoms with E-state index in [1.54, 1.807) is 35.3 Å². The molecule has 1 aliphatic carbocycles. The van der Waals surface area contributed by atoms with E-state index < -0.39 is 5.92 Å². The monoisotopic (exact) mass is 533 g/mol. The summed E-state index contributed by atoms with van der Waals surface area (Å²) < 4.78 is 42.3. The van der Waals surface area contributed by atoms with Crippen molar-refractivity contribution in [2.45, 2.75) is 43.7 Å². The molecule has 0 spiro atoms. The Bertz CT molecular complexity index is 1450. The molecule has 1 aliphatic heterocycles. The molecule has 0 radical (unpaired) electrons. The zero-order chi connectivity index (χ0) is 27.0. The van der Waals surface area contributed by atoms with Gasteiger partial charge in [0.1, 0.15) is 11.5 Å². The highest BCUT2D eigenvalue weighted by Crippen LogP contribution is 2.41. The number of piperidine rings is 1. The first-order valence-corrected chi connectivity index (χ1v) is 12.9. The van der Waals surface area contributed by atoms with Crippen LogP contribution in [0.15, 0.2) is 67.0 Å². The van der Waals surface area contributed by atoms with Gasteiger partial charge in [0.05, 0.1) is 23.8 Å². The molecule has 39 heavy (non-hydrogen) atoms. The van der Waals surface area contributed by atoms with Crippen LogP contribution in [-0.4, -0.2) is 60.8 Å². The number of hydrogen-bond acceptors (Lipinski definition) is 6. The zero-order valence-electron chi connectivity index (χ0n) is 21.0. The van der Waals surface area contributed by atoms with Crippen LogP contribution in [0.25, 0.3) is 17.1 Å². The molecule has 2 atom stereocenters. The third-order valence-electron chi connectivity index (χ3n) is 7.23. The highest BCUT2D eigenvalue weighted by molar-refractivity contribution is 5.93. The van der Waals surface area contributed by atoms with Gasteiger partial charge in [0.25, 0.3) is 11.8 Å². The lowest BCUT2D eigenvalue weighted by Crippen LogP contribution is -2.43. The van der Waals surface area contributed by atoms with E-state index in [0.29, 0.717) is 23.6 Å². The molecule has 200 valence electrons. The maximum absolute atomic E-state index is 13.7. The SMILES string of the molecule is O=C(c1cc(CN[C@@H]2C[C@H]2c2ccc(F)cc2)nc(-c2ccc(-n3ccnn3)cc2)n1)N1CCC(F)(F)CC1. The number of halogens is 3. The van der Waals surface area contributed by atoms with Crippen molar-refractivity contribution >= 4 is 5.91 Å². The van der Waals surface area contributed by atoms with Crippen molar-refractivity contribution in [3.63, 3.8) is 0 Å². The number of carbonyl (C=O) groups is 1. The fourth-order valence-electron chi connectivity index (χ4n) is 4.87. The highest BCUT2D eigenvalue weighted by Gasteiger charge is 2.38. The minimum absolute atomic E-state index is 0.0211. The molecular weight excluding hydrogens is 507 g/mol. The Morgan fingerprint density at radius 3 is 2.46 bits per heavy atom. The van der Waals surface area contributed by atoms with Gasteiger partial charge in [0.15, 0.2) is 5.82 Å². The van der Waals surface area contributed by atoms with Gasteiger partial charge in [-0.25, -0.2) is 27.8 Å². The third-order valence-corrected chi connectivity index (χ3v) is 7.23. The number of nitrogens with zero attached hydrogens (tertiary/aromatic N) is 6. The Morgan fingerprint density at radius 2 is 1.77 bits per heavy atom. The average Bonchev–Trinajstić information content (AvgIpc) is 3.51. The maximum Gasteiger partial charge on any atom is 0.272 e. The molecular formula is C28H26F3N7O. The summed E-state index contributed by atoms with van der Waals surface area (Å²) in [4.78, 5) is 24.0. The number of benzene rings is 2. The molecule has 2 fully saturated rings. The second kappa shape index (κ2) is 10.2. The summed E-state index contributed by atoms with van der Waals surface area (Å²) in [6.45, 7) is 0.354. The molecule has 0 bridgehead atoms. The molecule has 11 heteroatoms. The molecule has 2 aromatic heterocycles. The summed E-state index contributed by atoms with van der Waals surface area (Å²) in [5, 5.41) is 11.3. The van der Waals surface area contributed by atoms with Crippen molar-refractivity contribution in [3.8, 4) is 17.1 Å². The van der Waals surface area contributed by atoms with Gasteiger partial charge in [0, 0.05) is 50.0 Å². The third kappa shape index (κ3) is 5.68. The highest BCUT2D eigenvalue weighted by atomic mass is 19.3. The fraction of sp³-hybridized carbons (Fsp3) is 0.321. The van der Waals surface area contributed by atoms with Crippen LogP contribution in [-0.2, 0) is 6.54 Å². The van der Waals surface area contributed by atoms with E-state index in [0.717, 1.165) is 17.7 Å². The van der Waals surface area contributed by atoms with Crippen LogP contribution in [0.5, 0.6) is 0 Å². The summed E-state index contributed by atoms with van der Waals surface area (Å²) in [6.07, 6.45) is 3.51. The van der Waals surface area contributed by atoms with E-state index in [1.807, 2.05) is 24.3 Å². The number of alkyl halides is 2. The quantitative estimate of drug-likeness (QED) is 0.379. The molecule has 8 nitrogen and oxygen atoms in total. The molecule has 6 rings (SSSR count). The van der Waals surface area contributed by atoms with Crippen molar-refractivity contribution in [2.24, 2.45) is 0 Å².